The Labute approximate surface area is 173 Å². The molecular weight excluding hydrogens is 366 g/mol. The van der Waals surface area contributed by atoms with E-state index in [9.17, 15) is 9.59 Å². The van der Waals surface area contributed by atoms with E-state index in [0.717, 1.165) is 30.9 Å². The quantitative estimate of drug-likeness (QED) is 0.702. The van der Waals surface area contributed by atoms with E-state index >= 15 is 0 Å². The summed E-state index contributed by atoms with van der Waals surface area (Å²) in [7, 11) is 0. The van der Waals surface area contributed by atoms with Gasteiger partial charge in [0.1, 0.15) is 5.69 Å². The number of hydrogen-bond acceptors (Lipinski definition) is 4. The minimum absolute atomic E-state index is 0.0112. The molecule has 0 spiro atoms. The SMILES string of the molecule is CCOC(=O)c1c(C)c(C(=O)N2CCN(Cc3ccccc3)CC2)c(C)n1CC. The summed E-state index contributed by atoms with van der Waals surface area (Å²) in [6, 6.07) is 10.4. The summed E-state index contributed by atoms with van der Waals surface area (Å²) >= 11 is 0. The molecule has 1 saturated heterocycles. The lowest BCUT2D eigenvalue weighted by Gasteiger charge is -2.35. The monoisotopic (exact) mass is 397 g/mol. The third-order valence-corrected chi connectivity index (χ3v) is 5.67. The zero-order valence-corrected chi connectivity index (χ0v) is 17.9. The van der Waals surface area contributed by atoms with Gasteiger partial charge in [-0.2, -0.15) is 0 Å². The molecule has 29 heavy (non-hydrogen) atoms. The highest BCUT2D eigenvalue weighted by Crippen LogP contribution is 2.25. The number of hydrogen-bond donors (Lipinski definition) is 0. The fourth-order valence-electron chi connectivity index (χ4n) is 4.18. The molecule has 0 bridgehead atoms. The molecule has 1 aliphatic rings. The van der Waals surface area contributed by atoms with Crippen molar-refractivity contribution in [3.8, 4) is 0 Å². The van der Waals surface area contributed by atoms with Gasteiger partial charge in [0.25, 0.3) is 5.91 Å². The molecule has 0 unspecified atom stereocenters. The summed E-state index contributed by atoms with van der Waals surface area (Å²) in [6.45, 7) is 12.5. The van der Waals surface area contributed by atoms with Crippen LogP contribution in [0.5, 0.6) is 0 Å². The van der Waals surface area contributed by atoms with Gasteiger partial charge in [-0.3, -0.25) is 9.69 Å². The fraction of sp³-hybridized carbons (Fsp3) is 0.478. The molecule has 6 nitrogen and oxygen atoms in total. The molecule has 6 heteroatoms. The van der Waals surface area contributed by atoms with E-state index in [-0.39, 0.29) is 11.9 Å². The van der Waals surface area contributed by atoms with Gasteiger partial charge in [-0.15, -0.1) is 0 Å². The van der Waals surface area contributed by atoms with Crippen LogP contribution in [0.3, 0.4) is 0 Å². The molecule has 156 valence electrons. The summed E-state index contributed by atoms with van der Waals surface area (Å²) < 4.78 is 7.12. The summed E-state index contributed by atoms with van der Waals surface area (Å²) in [5.41, 5.74) is 3.99. The summed E-state index contributed by atoms with van der Waals surface area (Å²) in [5.74, 6) is -0.348. The number of benzene rings is 1. The number of ether oxygens (including phenoxy) is 1. The Hall–Kier alpha value is -2.60. The van der Waals surface area contributed by atoms with Crippen molar-refractivity contribution in [2.24, 2.45) is 0 Å². The lowest BCUT2D eigenvalue weighted by atomic mass is 10.1. The standard InChI is InChI=1S/C23H31N3O3/c1-5-26-18(4)20(17(3)21(26)23(28)29-6-2)22(27)25-14-12-24(13-15-25)16-19-10-8-7-9-11-19/h7-11H,5-6,12-16H2,1-4H3. The number of amides is 1. The van der Waals surface area contributed by atoms with Gasteiger partial charge in [0.05, 0.1) is 12.2 Å². The Morgan fingerprint density at radius 2 is 1.66 bits per heavy atom. The van der Waals surface area contributed by atoms with Crippen molar-refractivity contribution in [3.63, 3.8) is 0 Å². The lowest BCUT2D eigenvalue weighted by molar-refractivity contribution is 0.0512. The molecule has 1 aliphatic heterocycles. The van der Waals surface area contributed by atoms with Gasteiger partial charge in [0.15, 0.2) is 0 Å². The lowest BCUT2D eigenvalue weighted by Crippen LogP contribution is -2.48. The highest BCUT2D eigenvalue weighted by Gasteiger charge is 2.30. The maximum absolute atomic E-state index is 13.3. The van der Waals surface area contributed by atoms with E-state index < -0.39 is 0 Å². The molecule has 2 heterocycles. The second-order valence-corrected chi connectivity index (χ2v) is 7.45. The number of esters is 1. The van der Waals surface area contributed by atoms with Crippen molar-refractivity contribution < 1.29 is 14.3 Å². The smallest absolute Gasteiger partial charge is 0.355 e. The number of nitrogens with zero attached hydrogens (tertiary/aromatic N) is 3. The first-order valence-electron chi connectivity index (χ1n) is 10.4. The molecule has 1 aromatic carbocycles. The van der Waals surface area contributed by atoms with E-state index in [0.29, 0.717) is 37.5 Å². The first-order valence-corrected chi connectivity index (χ1v) is 10.4. The third-order valence-electron chi connectivity index (χ3n) is 5.67. The number of aromatic nitrogens is 1. The molecule has 1 fully saturated rings. The van der Waals surface area contributed by atoms with Crippen LogP contribution in [-0.4, -0.2) is 59.0 Å². The third kappa shape index (κ3) is 4.37. The van der Waals surface area contributed by atoms with Gasteiger partial charge in [-0.1, -0.05) is 30.3 Å². The van der Waals surface area contributed by atoms with Crippen LogP contribution in [0, 0.1) is 13.8 Å². The van der Waals surface area contributed by atoms with E-state index in [1.165, 1.54) is 5.56 Å². The number of carbonyl (C=O) groups is 2. The molecule has 0 atom stereocenters. The number of carbonyl (C=O) groups excluding carboxylic acids is 2. The van der Waals surface area contributed by atoms with Crippen molar-refractivity contribution >= 4 is 11.9 Å². The Kier molecular flexibility index (Phi) is 6.75. The van der Waals surface area contributed by atoms with Gasteiger partial charge in [0.2, 0.25) is 0 Å². The fourth-order valence-corrected chi connectivity index (χ4v) is 4.18. The summed E-state index contributed by atoms with van der Waals surface area (Å²) in [6.07, 6.45) is 0. The Balaban J connectivity index is 1.73. The molecule has 1 aromatic heterocycles. The van der Waals surface area contributed by atoms with Crippen LogP contribution >= 0.6 is 0 Å². The van der Waals surface area contributed by atoms with Crippen LogP contribution < -0.4 is 0 Å². The van der Waals surface area contributed by atoms with E-state index in [1.807, 2.05) is 36.3 Å². The van der Waals surface area contributed by atoms with Crippen LogP contribution in [0.1, 0.15) is 51.5 Å². The highest BCUT2D eigenvalue weighted by atomic mass is 16.5. The number of rotatable bonds is 6. The molecular formula is C23H31N3O3. The zero-order chi connectivity index (χ0) is 21.0. The van der Waals surface area contributed by atoms with E-state index in [2.05, 4.69) is 29.2 Å². The molecule has 0 aliphatic carbocycles. The molecule has 0 radical (unpaired) electrons. The van der Waals surface area contributed by atoms with Gasteiger partial charge in [0, 0.05) is 45.0 Å². The molecule has 1 amide bonds. The first kappa shape index (κ1) is 21.1. The van der Waals surface area contributed by atoms with Crippen molar-refractivity contribution in [2.75, 3.05) is 32.8 Å². The van der Waals surface area contributed by atoms with Crippen LogP contribution in [0.4, 0.5) is 0 Å². The van der Waals surface area contributed by atoms with Crippen molar-refractivity contribution in [1.82, 2.24) is 14.4 Å². The average molecular weight is 398 g/mol. The van der Waals surface area contributed by atoms with Crippen molar-refractivity contribution in [3.05, 3.63) is 58.4 Å². The first-order chi connectivity index (χ1) is 14.0. The Morgan fingerprint density at radius 1 is 1.00 bits per heavy atom. The molecule has 0 N–H and O–H groups in total. The van der Waals surface area contributed by atoms with E-state index in [1.54, 1.807) is 6.92 Å². The largest absolute Gasteiger partial charge is 0.461 e. The second-order valence-electron chi connectivity index (χ2n) is 7.45. The van der Waals surface area contributed by atoms with Gasteiger partial charge in [-0.05, 0) is 38.8 Å². The average Bonchev–Trinajstić information content (AvgIpc) is 2.98. The molecule has 0 saturated carbocycles. The van der Waals surface area contributed by atoms with Crippen molar-refractivity contribution in [2.45, 2.75) is 40.8 Å². The maximum Gasteiger partial charge on any atom is 0.355 e. The van der Waals surface area contributed by atoms with Gasteiger partial charge in [-0.25, -0.2) is 4.79 Å². The Morgan fingerprint density at radius 3 is 2.24 bits per heavy atom. The number of piperazine rings is 1. The van der Waals surface area contributed by atoms with Gasteiger partial charge < -0.3 is 14.2 Å². The summed E-state index contributed by atoms with van der Waals surface area (Å²) in [4.78, 5) is 30.0. The van der Waals surface area contributed by atoms with Crippen LogP contribution in [0.15, 0.2) is 30.3 Å². The highest BCUT2D eigenvalue weighted by molar-refractivity contribution is 6.01. The second kappa shape index (κ2) is 9.27. The normalized spacial score (nSPS) is 14.8. The van der Waals surface area contributed by atoms with E-state index in [4.69, 9.17) is 4.74 Å². The topological polar surface area (TPSA) is 54.8 Å². The van der Waals surface area contributed by atoms with Gasteiger partial charge >= 0.3 is 5.97 Å². The summed E-state index contributed by atoms with van der Waals surface area (Å²) in [5, 5.41) is 0. The Bertz CT molecular complexity index is 865. The van der Waals surface area contributed by atoms with Crippen LogP contribution in [0.25, 0.3) is 0 Å². The maximum atomic E-state index is 13.3. The zero-order valence-electron chi connectivity index (χ0n) is 17.9. The molecule has 2 aromatic rings. The van der Waals surface area contributed by atoms with Crippen LogP contribution in [-0.2, 0) is 17.8 Å². The van der Waals surface area contributed by atoms with Crippen LogP contribution in [0.2, 0.25) is 0 Å². The predicted molar refractivity (Wildman–Crippen MR) is 113 cm³/mol. The molecule has 3 rings (SSSR count). The van der Waals surface area contributed by atoms with Crippen molar-refractivity contribution in [1.29, 1.82) is 0 Å². The minimum Gasteiger partial charge on any atom is -0.461 e. The minimum atomic E-state index is -0.360. The predicted octanol–water partition coefficient (Wildman–Crippen LogP) is 3.26.